The van der Waals surface area contributed by atoms with E-state index in [1.54, 1.807) is 24.3 Å². The summed E-state index contributed by atoms with van der Waals surface area (Å²) >= 11 is 0. The molecule has 1 aromatic carbocycles. The Kier molecular flexibility index (Phi) is 3.76. The molecule has 9 heteroatoms. The van der Waals surface area contributed by atoms with Crippen molar-refractivity contribution in [2.24, 2.45) is 5.92 Å². The predicted octanol–water partition coefficient (Wildman–Crippen LogP) is 0.396. The Bertz CT molecular complexity index is 1080. The van der Waals surface area contributed by atoms with Gasteiger partial charge in [-0.25, -0.2) is 0 Å². The number of ketones is 3. The third-order valence-electron chi connectivity index (χ3n) is 4.27. The molecule has 2 aromatic heterocycles. The van der Waals surface area contributed by atoms with Crippen LogP contribution < -0.4 is 5.56 Å². The van der Waals surface area contributed by atoms with Crippen molar-refractivity contribution in [2.45, 2.75) is 19.3 Å². The second-order valence-electron chi connectivity index (χ2n) is 5.97. The highest BCUT2D eigenvalue weighted by Gasteiger charge is 2.38. The first kappa shape index (κ1) is 16.0. The van der Waals surface area contributed by atoms with E-state index < -0.39 is 34.5 Å². The van der Waals surface area contributed by atoms with Crippen molar-refractivity contribution in [3.63, 3.8) is 0 Å². The fourth-order valence-electron chi connectivity index (χ4n) is 3.00. The summed E-state index contributed by atoms with van der Waals surface area (Å²) in [6, 6.07) is 8.99. The van der Waals surface area contributed by atoms with Crippen LogP contribution in [0.4, 0.5) is 0 Å². The van der Waals surface area contributed by atoms with Crippen LogP contribution in [-0.4, -0.2) is 41.7 Å². The molecule has 9 nitrogen and oxygen atoms in total. The standard InChI is InChI=1S/C17H13N5O4/c23-11-7-4-8-12(24)13(11)15(25)14-16(26)19-17-21(20-14)9-18-22(17)10-5-2-1-3-6-10/h1-3,5-6,9,13H,4,7-8H2. The van der Waals surface area contributed by atoms with E-state index in [9.17, 15) is 19.2 Å². The van der Waals surface area contributed by atoms with E-state index >= 15 is 0 Å². The largest absolute Gasteiger partial charge is 0.304 e. The molecule has 0 amide bonds. The van der Waals surface area contributed by atoms with Gasteiger partial charge in [0.25, 0.3) is 5.78 Å². The third-order valence-corrected chi connectivity index (χ3v) is 4.27. The summed E-state index contributed by atoms with van der Waals surface area (Å²) in [4.78, 5) is 52.7. The number of aromatic nitrogens is 5. The summed E-state index contributed by atoms with van der Waals surface area (Å²) < 4.78 is 2.58. The highest BCUT2D eigenvalue weighted by atomic mass is 16.2. The van der Waals surface area contributed by atoms with E-state index in [0.717, 1.165) is 0 Å². The van der Waals surface area contributed by atoms with Gasteiger partial charge in [-0.3, -0.25) is 19.2 Å². The van der Waals surface area contributed by atoms with E-state index in [-0.39, 0.29) is 18.6 Å². The number of carbonyl (C=O) groups excluding carboxylic acids is 3. The van der Waals surface area contributed by atoms with E-state index in [1.165, 1.54) is 15.5 Å². The molecule has 4 rings (SSSR count). The number of rotatable bonds is 3. The van der Waals surface area contributed by atoms with Crippen LogP contribution in [0.2, 0.25) is 0 Å². The summed E-state index contributed by atoms with van der Waals surface area (Å²) in [5.74, 6) is -3.17. The maximum Gasteiger partial charge on any atom is 0.304 e. The smallest absolute Gasteiger partial charge is 0.298 e. The van der Waals surface area contributed by atoms with E-state index in [0.29, 0.717) is 12.1 Å². The maximum absolute atomic E-state index is 12.6. The number of fused-ring (bicyclic) bond motifs is 1. The third kappa shape index (κ3) is 2.53. The van der Waals surface area contributed by atoms with Crippen LogP contribution in [-0.2, 0) is 9.59 Å². The molecule has 0 N–H and O–H groups in total. The Morgan fingerprint density at radius 2 is 1.73 bits per heavy atom. The first-order chi connectivity index (χ1) is 12.6. The average Bonchev–Trinajstić information content (AvgIpc) is 3.04. The minimum atomic E-state index is -1.45. The summed E-state index contributed by atoms with van der Waals surface area (Å²) in [6.45, 7) is 0. The van der Waals surface area contributed by atoms with Crippen LogP contribution in [0.1, 0.15) is 29.8 Å². The molecule has 0 saturated heterocycles. The molecule has 2 heterocycles. The number of para-hydroxylation sites is 1. The van der Waals surface area contributed by atoms with Crippen LogP contribution >= 0.6 is 0 Å². The molecule has 0 spiro atoms. The number of Topliss-reactive ketones (excluding diaryl/α,β-unsaturated/α-hetero) is 3. The normalized spacial score (nSPS) is 15.5. The second kappa shape index (κ2) is 6.10. The molecular formula is C17H13N5O4. The van der Waals surface area contributed by atoms with Crippen molar-refractivity contribution in [3.05, 3.63) is 52.7 Å². The Labute approximate surface area is 146 Å². The number of nitrogens with zero attached hydrogens (tertiary/aromatic N) is 5. The summed E-state index contributed by atoms with van der Waals surface area (Å²) in [7, 11) is 0. The molecule has 3 aromatic rings. The summed E-state index contributed by atoms with van der Waals surface area (Å²) in [6.07, 6.45) is 2.02. The van der Waals surface area contributed by atoms with Crippen molar-refractivity contribution in [1.82, 2.24) is 24.4 Å². The van der Waals surface area contributed by atoms with E-state index in [1.807, 2.05) is 6.07 Å². The fraction of sp³-hybridized carbons (Fsp3) is 0.235. The van der Waals surface area contributed by atoms with Gasteiger partial charge in [0.2, 0.25) is 5.78 Å². The quantitative estimate of drug-likeness (QED) is 0.495. The van der Waals surface area contributed by atoms with Crippen LogP contribution in [0.25, 0.3) is 11.5 Å². The van der Waals surface area contributed by atoms with Gasteiger partial charge in [-0.2, -0.15) is 24.4 Å². The molecule has 26 heavy (non-hydrogen) atoms. The van der Waals surface area contributed by atoms with Gasteiger partial charge in [0.05, 0.1) is 5.69 Å². The number of hydrogen-bond acceptors (Lipinski definition) is 7. The van der Waals surface area contributed by atoms with Crippen LogP contribution in [0.5, 0.6) is 0 Å². The first-order valence-corrected chi connectivity index (χ1v) is 8.06. The number of benzene rings is 1. The molecule has 0 atom stereocenters. The first-order valence-electron chi connectivity index (χ1n) is 8.06. The van der Waals surface area contributed by atoms with Crippen molar-refractivity contribution in [1.29, 1.82) is 0 Å². The van der Waals surface area contributed by atoms with Gasteiger partial charge in [-0.1, -0.05) is 18.2 Å². The van der Waals surface area contributed by atoms with Crippen LogP contribution in [0.15, 0.2) is 41.5 Å². The molecule has 0 bridgehead atoms. The topological polar surface area (TPSA) is 116 Å². The van der Waals surface area contributed by atoms with Gasteiger partial charge < -0.3 is 0 Å². The Morgan fingerprint density at radius 1 is 1.04 bits per heavy atom. The van der Waals surface area contributed by atoms with Crippen LogP contribution in [0.3, 0.4) is 0 Å². The van der Waals surface area contributed by atoms with Gasteiger partial charge in [0, 0.05) is 12.8 Å². The van der Waals surface area contributed by atoms with Gasteiger partial charge in [-0.05, 0) is 18.6 Å². The molecule has 1 aliphatic carbocycles. The lowest BCUT2D eigenvalue weighted by Gasteiger charge is -2.17. The minimum absolute atomic E-state index is 0.124. The van der Waals surface area contributed by atoms with Crippen molar-refractivity contribution >= 4 is 23.1 Å². The van der Waals surface area contributed by atoms with E-state index in [2.05, 4.69) is 15.2 Å². The highest BCUT2D eigenvalue weighted by Crippen LogP contribution is 2.20. The lowest BCUT2D eigenvalue weighted by atomic mass is 9.83. The van der Waals surface area contributed by atoms with Crippen LogP contribution in [0, 0.1) is 5.92 Å². The monoisotopic (exact) mass is 351 g/mol. The molecule has 1 aliphatic rings. The van der Waals surface area contributed by atoms with Gasteiger partial charge >= 0.3 is 5.56 Å². The summed E-state index contributed by atoms with van der Waals surface area (Å²) in [5.41, 5.74) is -0.747. The average molecular weight is 351 g/mol. The zero-order chi connectivity index (χ0) is 18.3. The second-order valence-corrected chi connectivity index (χ2v) is 5.97. The predicted molar refractivity (Wildman–Crippen MR) is 88.1 cm³/mol. The molecular weight excluding hydrogens is 338 g/mol. The Morgan fingerprint density at radius 3 is 2.42 bits per heavy atom. The van der Waals surface area contributed by atoms with Crippen molar-refractivity contribution in [2.75, 3.05) is 0 Å². The van der Waals surface area contributed by atoms with Gasteiger partial charge in [0.15, 0.2) is 17.3 Å². The molecule has 0 unspecified atom stereocenters. The zero-order valence-electron chi connectivity index (χ0n) is 13.5. The minimum Gasteiger partial charge on any atom is -0.298 e. The Hall–Kier alpha value is -3.49. The maximum atomic E-state index is 12.6. The van der Waals surface area contributed by atoms with E-state index in [4.69, 9.17) is 0 Å². The molecule has 1 fully saturated rings. The lowest BCUT2D eigenvalue weighted by molar-refractivity contribution is -0.133. The van der Waals surface area contributed by atoms with Gasteiger partial charge in [0.1, 0.15) is 12.2 Å². The lowest BCUT2D eigenvalue weighted by Crippen LogP contribution is -2.38. The van der Waals surface area contributed by atoms with Crippen molar-refractivity contribution < 1.29 is 14.4 Å². The highest BCUT2D eigenvalue weighted by molar-refractivity contribution is 6.24. The molecule has 130 valence electrons. The fourth-order valence-corrected chi connectivity index (χ4v) is 3.00. The molecule has 0 aliphatic heterocycles. The van der Waals surface area contributed by atoms with Gasteiger partial charge in [-0.15, -0.1) is 0 Å². The summed E-state index contributed by atoms with van der Waals surface area (Å²) in [5, 5.41) is 8.09. The Balaban J connectivity index is 1.79. The number of hydrogen-bond donors (Lipinski definition) is 0. The molecule has 1 saturated carbocycles. The van der Waals surface area contributed by atoms with Crippen molar-refractivity contribution in [3.8, 4) is 5.69 Å². The number of carbonyl (C=O) groups is 3. The SMILES string of the molecule is O=C1CCCC(=O)C1C(=O)c1nn2cnn(-c3ccccc3)c2nc1=O. The molecule has 0 radical (unpaired) electrons. The zero-order valence-corrected chi connectivity index (χ0v) is 13.5.